The van der Waals surface area contributed by atoms with Gasteiger partial charge in [-0.2, -0.15) is 5.26 Å². The third-order valence-corrected chi connectivity index (χ3v) is 3.77. The monoisotopic (exact) mass is 278 g/mol. The molecular weight excluding hydrogens is 268 g/mol. The van der Waals surface area contributed by atoms with Crippen molar-refractivity contribution in [1.82, 2.24) is 9.97 Å². The summed E-state index contributed by atoms with van der Waals surface area (Å²) in [5.74, 6) is 0.465. The van der Waals surface area contributed by atoms with Crippen LogP contribution in [0.15, 0.2) is 12.3 Å². The van der Waals surface area contributed by atoms with E-state index in [0.29, 0.717) is 16.4 Å². The fraction of sp³-hybridized carbons (Fsp3) is 0.250. The molecule has 92 valence electrons. The molecule has 0 fully saturated rings. The summed E-state index contributed by atoms with van der Waals surface area (Å²) in [6.45, 7) is 4.09. The van der Waals surface area contributed by atoms with E-state index in [-0.39, 0.29) is 0 Å². The SMILES string of the molecule is CCc1nc(Nc2nccc(C#N)c2Cl)sc1C. The number of halogens is 1. The standard InChI is InChI=1S/C12H11ClN4S/c1-3-9-7(2)18-12(16-9)17-11-10(13)8(6-14)4-5-15-11/h4-5H,3H2,1-2H3,(H,15,16,17). The molecule has 2 aromatic rings. The Morgan fingerprint density at radius 3 is 2.94 bits per heavy atom. The molecule has 2 heterocycles. The van der Waals surface area contributed by atoms with Crippen molar-refractivity contribution in [2.24, 2.45) is 0 Å². The average molecular weight is 279 g/mol. The summed E-state index contributed by atoms with van der Waals surface area (Å²) in [5.41, 5.74) is 1.47. The molecule has 0 amide bonds. The normalized spacial score (nSPS) is 10.1. The Morgan fingerprint density at radius 1 is 1.56 bits per heavy atom. The van der Waals surface area contributed by atoms with Crippen LogP contribution < -0.4 is 5.32 Å². The van der Waals surface area contributed by atoms with Crippen molar-refractivity contribution in [3.8, 4) is 6.07 Å². The first kappa shape index (κ1) is 12.8. The first-order valence-electron chi connectivity index (χ1n) is 5.43. The number of anilines is 2. The summed E-state index contributed by atoms with van der Waals surface area (Å²) in [6, 6.07) is 3.60. The van der Waals surface area contributed by atoms with Crippen LogP contribution in [0.2, 0.25) is 5.02 Å². The number of aryl methyl sites for hydroxylation is 2. The Hall–Kier alpha value is -1.64. The van der Waals surface area contributed by atoms with Crippen molar-refractivity contribution < 1.29 is 0 Å². The molecule has 18 heavy (non-hydrogen) atoms. The Morgan fingerprint density at radius 2 is 2.33 bits per heavy atom. The molecule has 0 aliphatic rings. The van der Waals surface area contributed by atoms with Gasteiger partial charge in [-0.25, -0.2) is 9.97 Å². The third-order valence-electron chi connectivity index (χ3n) is 2.46. The smallest absolute Gasteiger partial charge is 0.188 e. The van der Waals surface area contributed by atoms with E-state index < -0.39 is 0 Å². The first-order valence-corrected chi connectivity index (χ1v) is 6.63. The van der Waals surface area contributed by atoms with Gasteiger partial charge in [-0.05, 0) is 19.4 Å². The number of rotatable bonds is 3. The highest BCUT2D eigenvalue weighted by Crippen LogP contribution is 2.29. The minimum Gasteiger partial charge on any atom is -0.315 e. The number of pyridine rings is 1. The second-order valence-electron chi connectivity index (χ2n) is 3.63. The van der Waals surface area contributed by atoms with Crippen LogP contribution in [0.4, 0.5) is 10.9 Å². The molecular formula is C12H11ClN4S. The topological polar surface area (TPSA) is 61.6 Å². The molecule has 0 saturated carbocycles. The van der Waals surface area contributed by atoms with Gasteiger partial charge in [0.25, 0.3) is 0 Å². The van der Waals surface area contributed by atoms with E-state index in [1.807, 2.05) is 13.0 Å². The van der Waals surface area contributed by atoms with Crippen molar-refractivity contribution in [3.05, 3.63) is 33.4 Å². The first-order chi connectivity index (χ1) is 8.65. The van der Waals surface area contributed by atoms with Crippen molar-refractivity contribution in [2.45, 2.75) is 20.3 Å². The Labute approximate surface area is 114 Å². The van der Waals surface area contributed by atoms with E-state index >= 15 is 0 Å². The Bertz CT molecular complexity index is 615. The van der Waals surface area contributed by atoms with Gasteiger partial charge in [0.15, 0.2) is 10.9 Å². The molecule has 4 nitrogen and oxygen atoms in total. The lowest BCUT2D eigenvalue weighted by atomic mass is 10.3. The molecule has 0 saturated heterocycles. The fourth-order valence-electron chi connectivity index (χ4n) is 1.53. The summed E-state index contributed by atoms with van der Waals surface area (Å²) in [7, 11) is 0. The zero-order valence-corrected chi connectivity index (χ0v) is 11.6. The van der Waals surface area contributed by atoms with E-state index in [4.69, 9.17) is 16.9 Å². The second-order valence-corrected chi connectivity index (χ2v) is 5.21. The summed E-state index contributed by atoms with van der Waals surface area (Å²) in [6.07, 6.45) is 2.44. The van der Waals surface area contributed by atoms with Crippen LogP contribution in [0.5, 0.6) is 0 Å². The molecule has 0 radical (unpaired) electrons. The number of aromatic nitrogens is 2. The van der Waals surface area contributed by atoms with Crippen LogP contribution in [-0.4, -0.2) is 9.97 Å². The lowest BCUT2D eigenvalue weighted by Crippen LogP contribution is -1.95. The largest absolute Gasteiger partial charge is 0.315 e. The molecule has 2 rings (SSSR count). The number of nitriles is 1. The number of nitrogens with one attached hydrogen (secondary N) is 1. The highest BCUT2D eigenvalue weighted by Gasteiger charge is 2.11. The highest BCUT2D eigenvalue weighted by atomic mass is 35.5. The van der Waals surface area contributed by atoms with E-state index in [9.17, 15) is 0 Å². The van der Waals surface area contributed by atoms with E-state index in [1.165, 1.54) is 4.88 Å². The molecule has 0 spiro atoms. The van der Waals surface area contributed by atoms with E-state index in [1.54, 1.807) is 23.6 Å². The maximum atomic E-state index is 8.89. The van der Waals surface area contributed by atoms with Gasteiger partial charge in [0.05, 0.1) is 11.3 Å². The highest BCUT2D eigenvalue weighted by molar-refractivity contribution is 7.15. The lowest BCUT2D eigenvalue weighted by molar-refractivity contribution is 1.04. The van der Waals surface area contributed by atoms with Gasteiger partial charge in [-0.3, -0.25) is 0 Å². The molecule has 0 bridgehead atoms. The van der Waals surface area contributed by atoms with Gasteiger partial charge in [-0.15, -0.1) is 11.3 Å². The minimum absolute atomic E-state index is 0.325. The van der Waals surface area contributed by atoms with E-state index in [0.717, 1.165) is 17.2 Å². The maximum absolute atomic E-state index is 8.89. The summed E-state index contributed by atoms with van der Waals surface area (Å²) < 4.78 is 0. The van der Waals surface area contributed by atoms with Crippen LogP contribution >= 0.6 is 22.9 Å². The zero-order valence-electron chi connectivity index (χ0n) is 9.99. The number of hydrogen-bond donors (Lipinski definition) is 1. The molecule has 2 aromatic heterocycles. The number of thiazole rings is 1. The second kappa shape index (κ2) is 5.34. The van der Waals surface area contributed by atoms with Crippen LogP contribution in [0, 0.1) is 18.3 Å². The van der Waals surface area contributed by atoms with Crippen LogP contribution in [0.25, 0.3) is 0 Å². The predicted molar refractivity (Wildman–Crippen MR) is 73.5 cm³/mol. The maximum Gasteiger partial charge on any atom is 0.188 e. The fourth-order valence-corrected chi connectivity index (χ4v) is 2.63. The van der Waals surface area contributed by atoms with Crippen molar-refractivity contribution in [2.75, 3.05) is 5.32 Å². The molecule has 1 N–H and O–H groups in total. The Kier molecular flexibility index (Phi) is 3.80. The van der Waals surface area contributed by atoms with Gasteiger partial charge >= 0.3 is 0 Å². The molecule has 6 heteroatoms. The predicted octanol–water partition coefficient (Wildman–Crippen LogP) is 3.68. The molecule has 0 aliphatic heterocycles. The van der Waals surface area contributed by atoms with Crippen molar-refractivity contribution in [1.29, 1.82) is 5.26 Å². The Balaban J connectivity index is 2.31. The van der Waals surface area contributed by atoms with Crippen molar-refractivity contribution in [3.63, 3.8) is 0 Å². The summed E-state index contributed by atoms with van der Waals surface area (Å²) in [5, 5.41) is 13.0. The van der Waals surface area contributed by atoms with Crippen molar-refractivity contribution >= 4 is 33.9 Å². The lowest BCUT2D eigenvalue weighted by Gasteiger charge is -2.04. The number of nitrogens with zero attached hydrogens (tertiary/aromatic N) is 3. The molecule has 0 aromatic carbocycles. The van der Waals surface area contributed by atoms with Crippen LogP contribution in [-0.2, 0) is 6.42 Å². The number of hydrogen-bond acceptors (Lipinski definition) is 5. The summed E-state index contributed by atoms with van der Waals surface area (Å²) >= 11 is 7.62. The van der Waals surface area contributed by atoms with Crippen LogP contribution in [0.1, 0.15) is 23.1 Å². The minimum atomic E-state index is 0.325. The van der Waals surface area contributed by atoms with Gasteiger partial charge in [0.1, 0.15) is 11.1 Å². The quantitative estimate of drug-likeness (QED) is 0.930. The summed E-state index contributed by atoms with van der Waals surface area (Å²) in [4.78, 5) is 9.74. The third kappa shape index (κ3) is 2.45. The van der Waals surface area contributed by atoms with E-state index in [2.05, 4.69) is 22.2 Å². The zero-order chi connectivity index (χ0) is 13.1. The van der Waals surface area contributed by atoms with Gasteiger partial charge in [0.2, 0.25) is 0 Å². The van der Waals surface area contributed by atoms with Gasteiger partial charge < -0.3 is 5.32 Å². The molecule has 0 aliphatic carbocycles. The molecule has 0 atom stereocenters. The van der Waals surface area contributed by atoms with Gasteiger partial charge in [-0.1, -0.05) is 18.5 Å². The molecule has 0 unspecified atom stereocenters. The van der Waals surface area contributed by atoms with Crippen LogP contribution in [0.3, 0.4) is 0 Å². The van der Waals surface area contributed by atoms with Gasteiger partial charge in [0, 0.05) is 11.1 Å². The average Bonchev–Trinajstić information content (AvgIpc) is 2.72.